The van der Waals surface area contributed by atoms with Crippen LogP contribution < -0.4 is 11.1 Å². The van der Waals surface area contributed by atoms with Crippen LogP contribution in [0.1, 0.15) is 29.8 Å². The normalized spacial score (nSPS) is 15.2. The second-order valence-electron chi connectivity index (χ2n) is 5.12. The fraction of sp³-hybridized carbons (Fsp3) is 0.333. The van der Waals surface area contributed by atoms with Gasteiger partial charge in [-0.3, -0.25) is 4.79 Å². The van der Waals surface area contributed by atoms with Gasteiger partial charge >= 0.3 is 0 Å². The summed E-state index contributed by atoms with van der Waals surface area (Å²) in [6.07, 6.45) is 3.71. The predicted molar refractivity (Wildman–Crippen MR) is 75.8 cm³/mol. The first-order chi connectivity index (χ1) is 9.24. The van der Waals surface area contributed by atoms with Gasteiger partial charge < -0.3 is 11.1 Å². The van der Waals surface area contributed by atoms with Crippen molar-refractivity contribution in [3.8, 4) is 0 Å². The highest BCUT2D eigenvalue weighted by molar-refractivity contribution is 5.99. The van der Waals surface area contributed by atoms with Gasteiger partial charge in [0, 0.05) is 11.9 Å². The SMILES string of the molecule is Nc1nc(C(=O)NCC2CCC2)cc2ccccc12. The predicted octanol–water partition coefficient (Wildman–Crippen LogP) is 2.35. The van der Waals surface area contributed by atoms with E-state index in [1.165, 1.54) is 19.3 Å². The molecule has 1 saturated carbocycles. The van der Waals surface area contributed by atoms with E-state index in [2.05, 4.69) is 10.3 Å². The lowest BCUT2D eigenvalue weighted by Gasteiger charge is -2.25. The first kappa shape index (κ1) is 12.0. The van der Waals surface area contributed by atoms with Gasteiger partial charge in [-0.25, -0.2) is 4.98 Å². The minimum atomic E-state index is -0.135. The van der Waals surface area contributed by atoms with E-state index < -0.39 is 0 Å². The molecule has 0 spiro atoms. The molecule has 3 N–H and O–H groups in total. The van der Waals surface area contributed by atoms with Crippen LogP contribution in [-0.4, -0.2) is 17.4 Å². The maximum atomic E-state index is 12.1. The van der Waals surface area contributed by atoms with E-state index in [0.717, 1.165) is 17.3 Å². The van der Waals surface area contributed by atoms with Crippen LogP contribution in [0.2, 0.25) is 0 Å². The molecule has 0 saturated heterocycles. The number of aromatic nitrogens is 1. The fourth-order valence-electron chi connectivity index (χ4n) is 2.37. The third kappa shape index (κ3) is 2.38. The highest BCUT2D eigenvalue weighted by Gasteiger charge is 2.19. The number of amides is 1. The van der Waals surface area contributed by atoms with Gasteiger partial charge in [0.1, 0.15) is 11.5 Å². The lowest BCUT2D eigenvalue weighted by atomic mass is 9.85. The molecule has 1 fully saturated rings. The molecule has 1 aromatic carbocycles. The number of rotatable bonds is 3. The summed E-state index contributed by atoms with van der Waals surface area (Å²) in [4.78, 5) is 16.2. The van der Waals surface area contributed by atoms with Crippen LogP contribution in [-0.2, 0) is 0 Å². The fourth-order valence-corrected chi connectivity index (χ4v) is 2.37. The minimum Gasteiger partial charge on any atom is -0.383 e. The van der Waals surface area contributed by atoms with Crippen molar-refractivity contribution in [2.24, 2.45) is 5.92 Å². The van der Waals surface area contributed by atoms with E-state index in [0.29, 0.717) is 17.4 Å². The summed E-state index contributed by atoms with van der Waals surface area (Å²) in [6.45, 7) is 0.743. The zero-order chi connectivity index (χ0) is 13.2. The highest BCUT2D eigenvalue weighted by Crippen LogP contribution is 2.25. The van der Waals surface area contributed by atoms with E-state index in [1.807, 2.05) is 24.3 Å². The Kier molecular flexibility index (Phi) is 3.07. The average Bonchev–Trinajstić information content (AvgIpc) is 2.36. The molecule has 3 rings (SSSR count). The van der Waals surface area contributed by atoms with Crippen molar-refractivity contribution < 1.29 is 4.79 Å². The van der Waals surface area contributed by atoms with Crippen molar-refractivity contribution in [1.29, 1.82) is 0 Å². The molecule has 0 radical (unpaired) electrons. The maximum Gasteiger partial charge on any atom is 0.270 e. The van der Waals surface area contributed by atoms with Crippen molar-refractivity contribution >= 4 is 22.5 Å². The minimum absolute atomic E-state index is 0.135. The molecule has 0 aliphatic heterocycles. The number of nitrogens with two attached hydrogens (primary N) is 1. The van der Waals surface area contributed by atoms with Crippen molar-refractivity contribution in [3.63, 3.8) is 0 Å². The largest absolute Gasteiger partial charge is 0.383 e. The van der Waals surface area contributed by atoms with Gasteiger partial charge in [0.25, 0.3) is 5.91 Å². The topological polar surface area (TPSA) is 68.0 Å². The van der Waals surface area contributed by atoms with Gasteiger partial charge in [0.15, 0.2) is 0 Å². The van der Waals surface area contributed by atoms with Crippen molar-refractivity contribution in [1.82, 2.24) is 10.3 Å². The molecule has 1 aliphatic rings. The number of nitrogens with zero attached hydrogens (tertiary/aromatic N) is 1. The Bertz CT molecular complexity index is 620. The Hall–Kier alpha value is -2.10. The quantitative estimate of drug-likeness (QED) is 0.884. The third-order valence-electron chi connectivity index (χ3n) is 3.78. The van der Waals surface area contributed by atoms with Gasteiger partial charge in [0.2, 0.25) is 0 Å². The number of nitrogens with one attached hydrogen (secondary N) is 1. The van der Waals surface area contributed by atoms with E-state index in [1.54, 1.807) is 6.07 Å². The number of hydrogen-bond acceptors (Lipinski definition) is 3. The molecule has 2 aromatic rings. The van der Waals surface area contributed by atoms with Crippen LogP contribution in [0.3, 0.4) is 0 Å². The molecule has 0 atom stereocenters. The van der Waals surface area contributed by atoms with E-state index >= 15 is 0 Å². The zero-order valence-electron chi connectivity index (χ0n) is 10.7. The molecule has 1 aromatic heterocycles. The number of anilines is 1. The molecule has 1 aliphatic carbocycles. The Labute approximate surface area is 112 Å². The zero-order valence-corrected chi connectivity index (χ0v) is 10.7. The summed E-state index contributed by atoms with van der Waals surface area (Å²) in [5.41, 5.74) is 6.30. The van der Waals surface area contributed by atoms with Crippen LogP contribution in [0.25, 0.3) is 10.8 Å². The Morgan fingerprint density at radius 2 is 2.16 bits per heavy atom. The summed E-state index contributed by atoms with van der Waals surface area (Å²) >= 11 is 0. The summed E-state index contributed by atoms with van der Waals surface area (Å²) < 4.78 is 0. The van der Waals surface area contributed by atoms with Gasteiger partial charge in [-0.2, -0.15) is 0 Å². The van der Waals surface area contributed by atoms with E-state index in [4.69, 9.17) is 5.73 Å². The smallest absolute Gasteiger partial charge is 0.270 e. The summed E-state index contributed by atoms with van der Waals surface area (Å²) in [6, 6.07) is 9.49. The molecule has 4 heteroatoms. The van der Waals surface area contributed by atoms with Crippen LogP contribution in [0.15, 0.2) is 30.3 Å². The van der Waals surface area contributed by atoms with Crippen LogP contribution in [0.5, 0.6) is 0 Å². The molecule has 1 amide bonds. The van der Waals surface area contributed by atoms with Gasteiger partial charge in [-0.15, -0.1) is 0 Å². The number of carbonyl (C=O) groups excluding carboxylic acids is 1. The Balaban J connectivity index is 1.81. The highest BCUT2D eigenvalue weighted by atomic mass is 16.1. The molecule has 98 valence electrons. The first-order valence-corrected chi connectivity index (χ1v) is 6.67. The summed E-state index contributed by atoms with van der Waals surface area (Å²) in [7, 11) is 0. The van der Waals surface area contributed by atoms with Crippen molar-refractivity contribution in [2.45, 2.75) is 19.3 Å². The number of hydrogen-bond donors (Lipinski definition) is 2. The van der Waals surface area contributed by atoms with Crippen LogP contribution in [0.4, 0.5) is 5.82 Å². The number of benzene rings is 1. The number of nitrogen functional groups attached to an aromatic ring is 1. The maximum absolute atomic E-state index is 12.1. The summed E-state index contributed by atoms with van der Waals surface area (Å²) in [5, 5.41) is 4.77. The number of pyridine rings is 1. The molecular formula is C15H17N3O. The second-order valence-corrected chi connectivity index (χ2v) is 5.12. The van der Waals surface area contributed by atoms with Gasteiger partial charge in [0.05, 0.1) is 0 Å². The van der Waals surface area contributed by atoms with Crippen molar-refractivity contribution in [2.75, 3.05) is 12.3 Å². The van der Waals surface area contributed by atoms with Crippen LogP contribution >= 0.6 is 0 Å². The summed E-state index contributed by atoms with van der Waals surface area (Å²) in [5.74, 6) is 0.915. The second kappa shape index (κ2) is 4.88. The lowest BCUT2D eigenvalue weighted by molar-refractivity contribution is 0.0934. The van der Waals surface area contributed by atoms with Gasteiger partial charge in [-0.1, -0.05) is 30.7 Å². The van der Waals surface area contributed by atoms with E-state index in [9.17, 15) is 4.79 Å². The standard InChI is InChI=1S/C15H17N3O/c16-14-12-7-2-1-6-11(12)8-13(18-14)15(19)17-9-10-4-3-5-10/h1-2,6-8,10H,3-5,9H2,(H2,16,18)(H,17,19). The molecule has 19 heavy (non-hydrogen) atoms. The molecular weight excluding hydrogens is 238 g/mol. The van der Waals surface area contributed by atoms with Crippen LogP contribution in [0, 0.1) is 5.92 Å². The monoisotopic (exact) mass is 255 g/mol. The average molecular weight is 255 g/mol. The van der Waals surface area contributed by atoms with Gasteiger partial charge in [-0.05, 0) is 30.2 Å². The Morgan fingerprint density at radius 3 is 2.89 bits per heavy atom. The molecule has 4 nitrogen and oxygen atoms in total. The number of fused-ring (bicyclic) bond motifs is 1. The molecule has 0 bridgehead atoms. The van der Waals surface area contributed by atoms with Crippen molar-refractivity contribution in [3.05, 3.63) is 36.0 Å². The first-order valence-electron chi connectivity index (χ1n) is 6.67. The third-order valence-corrected chi connectivity index (χ3v) is 3.78. The number of carbonyl (C=O) groups is 1. The lowest BCUT2D eigenvalue weighted by Crippen LogP contribution is -2.32. The van der Waals surface area contributed by atoms with E-state index in [-0.39, 0.29) is 5.91 Å². The molecule has 0 unspecified atom stereocenters. The molecule has 1 heterocycles. The Morgan fingerprint density at radius 1 is 1.37 bits per heavy atom.